The van der Waals surface area contributed by atoms with Gasteiger partial charge in [-0.1, -0.05) is 49.8 Å². The van der Waals surface area contributed by atoms with Crippen molar-refractivity contribution in [3.05, 3.63) is 48.0 Å². The van der Waals surface area contributed by atoms with E-state index in [2.05, 4.69) is 57.7 Å². The first kappa shape index (κ1) is 13.0. The molecule has 0 bridgehead atoms. The smallest absolute Gasteiger partial charge is 0.0159 e. The van der Waals surface area contributed by atoms with E-state index in [-0.39, 0.29) is 0 Å². The largest absolute Gasteiger partial charge is 0.103 e. The topological polar surface area (TPSA) is 0 Å². The number of hydrogen-bond acceptors (Lipinski definition) is 0. The van der Waals surface area contributed by atoms with Crippen molar-refractivity contribution < 1.29 is 0 Å². The highest BCUT2D eigenvalue weighted by Gasteiger charge is 2.13. The SMILES string of the molecule is C=CC(CC)CC(CC)c1ccc(C)cc1. The molecule has 0 heterocycles. The molecule has 0 saturated heterocycles. The molecule has 0 radical (unpaired) electrons. The van der Waals surface area contributed by atoms with Crippen molar-refractivity contribution in [1.82, 2.24) is 0 Å². The summed E-state index contributed by atoms with van der Waals surface area (Å²) >= 11 is 0. The molecule has 2 unspecified atom stereocenters. The van der Waals surface area contributed by atoms with Crippen LogP contribution in [0.15, 0.2) is 36.9 Å². The molecule has 1 aromatic rings. The van der Waals surface area contributed by atoms with Crippen LogP contribution in [-0.2, 0) is 0 Å². The molecule has 0 aliphatic heterocycles. The molecular formula is C16H24. The standard InChI is InChI=1S/C16H24/c1-5-14(6-2)12-15(7-3)16-10-8-13(4)9-11-16/h5,8-11,14-15H,1,6-7,12H2,2-4H3. The Morgan fingerprint density at radius 1 is 1.12 bits per heavy atom. The second kappa shape index (κ2) is 6.52. The maximum Gasteiger partial charge on any atom is -0.0159 e. The Kier molecular flexibility index (Phi) is 5.31. The minimum Gasteiger partial charge on any atom is -0.103 e. The molecule has 0 amide bonds. The van der Waals surface area contributed by atoms with E-state index < -0.39 is 0 Å². The van der Waals surface area contributed by atoms with Crippen LogP contribution in [-0.4, -0.2) is 0 Å². The van der Waals surface area contributed by atoms with Crippen LogP contribution in [0, 0.1) is 12.8 Å². The zero-order valence-electron chi connectivity index (χ0n) is 10.9. The van der Waals surface area contributed by atoms with Gasteiger partial charge in [0.05, 0.1) is 0 Å². The summed E-state index contributed by atoms with van der Waals surface area (Å²) < 4.78 is 0. The first-order valence-corrected chi connectivity index (χ1v) is 6.40. The fraction of sp³-hybridized carbons (Fsp3) is 0.500. The van der Waals surface area contributed by atoms with Crippen LogP contribution in [0.25, 0.3) is 0 Å². The molecule has 1 aromatic carbocycles. The van der Waals surface area contributed by atoms with Gasteiger partial charge >= 0.3 is 0 Å². The second-order valence-corrected chi connectivity index (χ2v) is 4.66. The zero-order chi connectivity index (χ0) is 12.0. The van der Waals surface area contributed by atoms with E-state index in [0.29, 0.717) is 11.8 Å². The molecule has 0 fully saturated rings. The quantitative estimate of drug-likeness (QED) is 0.581. The first-order valence-electron chi connectivity index (χ1n) is 6.40. The van der Waals surface area contributed by atoms with Crippen LogP contribution >= 0.6 is 0 Å². The molecule has 0 saturated carbocycles. The van der Waals surface area contributed by atoms with E-state index in [1.165, 1.54) is 30.4 Å². The van der Waals surface area contributed by atoms with Gasteiger partial charge < -0.3 is 0 Å². The highest BCUT2D eigenvalue weighted by atomic mass is 14.2. The lowest BCUT2D eigenvalue weighted by atomic mass is 9.85. The first-order chi connectivity index (χ1) is 7.71. The fourth-order valence-corrected chi connectivity index (χ4v) is 2.17. The number of aryl methyl sites for hydroxylation is 1. The molecule has 0 N–H and O–H groups in total. The molecular weight excluding hydrogens is 192 g/mol. The highest BCUT2D eigenvalue weighted by Crippen LogP contribution is 2.28. The maximum absolute atomic E-state index is 3.93. The van der Waals surface area contributed by atoms with E-state index in [1.807, 2.05) is 0 Å². The summed E-state index contributed by atoms with van der Waals surface area (Å²) in [5.74, 6) is 1.34. The van der Waals surface area contributed by atoms with Crippen molar-refractivity contribution in [3.8, 4) is 0 Å². The predicted molar refractivity (Wildman–Crippen MR) is 72.8 cm³/mol. The minimum atomic E-state index is 0.659. The van der Waals surface area contributed by atoms with Crippen molar-refractivity contribution >= 4 is 0 Å². The van der Waals surface area contributed by atoms with Gasteiger partial charge in [-0.15, -0.1) is 6.58 Å². The molecule has 1 rings (SSSR count). The van der Waals surface area contributed by atoms with Crippen LogP contribution in [0.3, 0.4) is 0 Å². The summed E-state index contributed by atoms with van der Waals surface area (Å²) in [6, 6.07) is 8.98. The van der Waals surface area contributed by atoms with E-state index in [9.17, 15) is 0 Å². The zero-order valence-corrected chi connectivity index (χ0v) is 10.9. The van der Waals surface area contributed by atoms with Crippen LogP contribution < -0.4 is 0 Å². The minimum absolute atomic E-state index is 0.659. The van der Waals surface area contributed by atoms with Gasteiger partial charge in [-0.3, -0.25) is 0 Å². The summed E-state index contributed by atoms with van der Waals surface area (Å²) in [5.41, 5.74) is 2.82. The predicted octanol–water partition coefficient (Wildman–Crippen LogP) is 5.09. The van der Waals surface area contributed by atoms with Gasteiger partial charge in [0.1, 0.15) is 0 Å². The number of allylic oxidation sites excluding steroid dienone is 1. The van der Waals surface area contributed by atoms with Gasteiger partial charge in [0.2, 0.25) is 0 Å². The summed E-state index contributed by atoms with van der Waals surface area (Å²) in [5, 5.41) is 0. The summed E-state index contributed by atoms with van der Waals surface area (Å²) in [6.07, 6.45) is 5.76. The van der Waals surface area contributed by atoms with E-state index >= 15 is 0 Å². The Hall–Kier alpha value is -1.04. The third kappa shape index (κ3) is 3.52. The van der Waals surface area contributed by atoms with E-state index in [1.54, 1.807) is 0 Å². The second-order valence-electron chi connectivity index (χ2n) is 4.66. The number of benzene rings is 1. The average Bonchev–Trinajstić information content (AvgIpc) is 2.32. The maximum atomic E-state index is 3.93. The molecule has 2 atom stereocenters. The van der Waals surface area contributed by atoms with Crippen LogP contribution in [0.5, 0.6) is 0 Å². The van der Waals surface area contributed by atoms with Gasteiger partial charge in [0.15, 0.2) is 0 Å². The Morgan fingerprint density at radius 2 is 1.75 bits per heavy atom. The van der Waals surface area contributed by atoms with Gasteiger partial charge in [-0.25, -0.2) is 0 Å². The Bertz CT molecular complexity index is 307. The number of rotatable bonds is 6. The molecule has 88 valence electrons. The number of hydrogen-bond donors (Lipinski definition) is 0. The summed E-state index contributed by atoms with van der Waals surface area (Å²) in [6.45, 7) is 10.6. The van der Waals surface area contributed by atoms with Gasteiger partial charge in [0.25, 0.3) is 0 Å². The lowest BCUT2D eigenvalue weighted by Gasteiger charge is -2.19. The van der Waals surface area contributed by atoms with Gasteiger partial charge in [-0.05, 0) is 43.6 Å². The molecule has 0 aliphatic carbocycles. The van der Waals surface area contributed by atoms with Crippen molar-refractivity contribution in [3.63, 3.8) is 0 Å². The Labute approximate surface area is 100 Å². The molecule has 0 nitrogen and oxygen atoms in total. The average molecular weight is 216 g/mol. The third-order valence-electron chi connectivity index (χ3n) is 3.49. The van der Waals surface area contributed by atoms with Crippen molar-refractivity contribution in [2.24, 2.45) is 5.92 Å². The van der Waals surface area contributed by atoms with Crippen LogP contribution in [0.2, 0.25) is 0 Å². The van der Waals surface area contributed by atoms with Gasteiger partial charge in [-0.2, -0.15) is 0 Å². The Balaban J connectivity index is 2.73. The molecule has 16 heavy (non-hydrogen) atoms. The third-order valence-corrected chi connectivity index (χ3v) is 3.49. The molecule has 0 aliphatic rings. The molecule has 0 heteroatoms. The monoisotopic (exact) mass is 216 g/mol. The molecule has 0 aromatic heterocycles. The highest BCUT2D eigenvalue weighted by molar-refractivity contribution is 5.24. The van der Waals surface area contributed by atoms with Crippen molar-refractivity contribution in [2.75, 3.05) is 0 Å². The summed E-state index contributed by atoms with van der Waals surface area (Å²) in [7, 11) is 0. The van der Waals surface area contributed by atoms with Crippen LogP contribution in [0.4, 0.5) is 0 Å². The molecule has 0 spiro atoms. The normalized spacial score (nSPS) is 14.4. The van der Waals surface area contributed by atoms with E-state index in [4.69, 9.17) is 0 Å². The van der Waals surface area contributed by atoms with Crippen molar-refractivity contribution in [2.45, 2.75) is 46.0 Å². The van der Waals surface area contributed by atoms with Crippen molar-refractivity contribution in [1.29, 1.82) is 0 Å². The van der Waals surface area contributed by atoms with E-state index in [0.717, 1.165) is 0 Å². The van der Waals surface area contributed by atoms with Gasteiger partial charge in [0, 0.05) is 0 Å². The Morgan fingerprint density at radius 3 is 2.19 bits per heavy atom. The lowest BCUT2D eigenvalue weighted by Crippen LogP contribution is -2.04. The fourth-order valence-electron chi connectivity index (χ4n) is 2.17. The lowest BCUT2D eigenvalue weighted by molar-refractivity contribution is 0.485. The van der Waals surface area contributed by atoms with Crippen LogP contribution in [0.1, 0.15) is 50.2 Å². The summed E-state index contributed by atoms with van der Waals surface area (Å²) in [4.78, 5) is 0.